The van der Waals surface area contributed by atoms with Gasteiger partial charge in [0.25, 0.3) is 0 Å². The average molecular weight is 807 g/mol. The van der Waals surface area contributed by atoms with Crippen molar-refractivity contribution in [3.63, 3.8) is 0 Å². The molecule has 0 unspecified atom stereocenters. The van der Waals surface area contributed by atoms with Crippen LogP contribution in [-0.2, 0) is 20.9 Å². The van der Waals surface area contributed by atoms with Crippen LogP contribution in [0.2, 0.25) is 0 Å². The molecule has 0 radical (unpaired) electrons. The predicted octanol–water partition coefficient (Wildman–Crippen LogP) is 4.31. The van der Waals surface area contributed by atoms with Gasteiger partial charge in [-0.05, 0) is 50.1 Å². The zero-order valence-corrected chi connectivity index (χ0v) is 32.8. The number of fused-ring (bicyclic) bond motifs is 8. The molecule has 6 aromatic rings. The van der Waals surface area contributed by atoms with Crippen molar-refractivity contribution in [2.45, 2.75) is 63.0 Å². The molecule has 5 atom stereocenters. The SMILES string of the molecule is CO[C@H]1CN(C)C(=O)[C@@H]2C[C@@H](CN2c2nc(N3C[C@@H]4C[C@H]3CC(=O)N4C)nc3c2cnn3-c2ccc(F)cc2F)Nc2cccc(n2)-c2cc(F)cc3nc(C)n(c23)C1. The van der Waals surface area contributed by atoms with Gasteiger partial charge in [0.05, 0.1) is 47.0 Å². The van der Waals surface area contributed by atoms with Gasteiger partial charge >= 0.3 is 0 Å². The Morgan fingerprint density at radius 3 is 2.53 bits per heavy atom. The number of rotatable bonds is 4. The maximum absolute atomic E-state index is 15.4. The predicted molar refractivity (Wildman–Crippen MR) is 213 cm³/mol. The molecule has 3 saturated heterocycles. The van der Waals surface area contributed by atoms with Gasteiger partial charge in [-0.2, -0.15) is 15.1 Å². The number of halogens is 3. The van der Waals surface area contributed by atoms with E-state index in [0.29, 0.717) is 71.6 Å². The molecule has 0 saturated carbocycles. The number of benzene rings is 2. The van der Waals surface area contributed by atoms with Gasteiger partial charge in [-0.25, -0.2) is 27.8 Å². The number of methoxy groups -OCH3 is 1. The molecular weight excluding hydrogens is 766 g/mol. The molecule has 4 aliphatic heterocycles. The van der Waals surface area contributed by atoms with Crippen LogP contribution in [0, 0.1) is 24.4 Å². The quantitative estimate of drug-likeness (QED) is 0.273. The van der Waals surface area contributed by atoms with Gasteiger partial charge in [0.2, 0.25) is 17.8 Å². The first-order valence-corrected chi connectivity index (χ1v) is 19.6. The molecular formula is C41H41F3N12O3. The van der Waals surface area contributed by atoms with Crippen molar-refractivity contribution < 1.29 is 27.5 Å². The molecule has 4 aromatic heterocycles. The number of carbonyl (C=O) groups is 2. The Labute approximate surface area is 336 Å². The smallest absolute Gasteiger partial charge is 0.245 e. The number of aromatic nitrogens is 7. The summed E-state index contributed by atoms with van der Waals surface area (Å²) >= 11 is 0. The fourth-order valence-corrected chi connectivity index (χ4v) is 9.33. The first-order chi connectivity index (χ1) is 28.4. The fourth-order valence-electron chi connectivity index (χ4n) is 9.33. The number of likely N-dealkylation sites (tertiary alicyclic amines) is 1. The van der Waals surface area contributed by atoms with E-state index in [-0.39, 0.29) is 54.2 Å². The van der Waals surface area contributed by atoms with Gasteiger partial charge in [0, 0.05) is 77.0 Å². The summed E-state index contributed by atoms with van der Waals surface area (Å²) < 4.78 is 53.9. The third-order valence-electron chi connectivity index (χ3n) is 12.3. The molecule has 18 heteroatoms. The third-order valence-corrected chi connectivity index (χ3v) is 12.3. The highest BCUT2D eigenvalue weighted by atomic mass is 19.1. The molecule has 2 amide bonds. The van der Waals surface area contributed by atoms with E-state index < -0.39 is 29.6 Å². The molecule has 6 bridgehead atoms. The Bertz CT molecular complexity index is 2690. The molecule has 4 aliphatic rings. The number of piperidine rings is 1. The summed E-state index contributed by atoms with van der Waals surface area (Å²) in [6.07, 6.45) is 2.44. The van der Waals surface area contributed by atoms with E-state index in [1.54, 1.807) is 31.0 Å². The van der Waals surface area contributed by atoms with E-state index in [2.05, 4.69) is 15.4 Å². The first kappa shape index (κ1) is 37.0. The number of likely N-dealkylation sites (N-methyl/N-ethyl adjacent to an activating group) is 2. The summed E-state index contributed by atoms with van der Waals surface area (Å²) in [5.41, 5.74) is 2.59. The normalized spacial score (nSPS) is 23.3. The monoisotopic (exact) mass is 806 g/mol. The van der Waals surface area contributed by atoms with E-state index in [9.17, 15) is 14.0 Å². The van der Waals surface area contributed by atoms with Crippen molar-refractivity contribution in [3.05, 3.63) is 78.0 Å². The number of pyridine rings is 1. The number of imidazole rings is 1. The minimum absolute atomic E-state index is 0.00901. The zero-order chi connectivity index (χ0) is 40.9. The maximum atomic E-state index is 15.4. The van der Waals surface area contributed by atoms with Crippen LogP contribution in [0.3, 0.4) is 0 Å². The second kappa shape index (κ2) is 13.9. The van der Waals surface area contributed by atoms with Crippen LogP contribution < -0.4 is 15.1 Å². The lowest BCUT2D eigenvalue weighted by Crippen LogP contribution is -2.47. The minimum Gasteiger partial charge on any atom is -0.378 e. The first-order valence-electron chi connectivity index (χ1n) is 19.6. The second-order valence-corrected chi connectivity index (χ2v) is 16.0. The van der Waals surface area contributed by atoms with Crippen molar-refractivity contribution in [3.8, 4) is 16.9 Å². The Kier molecular flexibility index (Phi) is 8.73. The molecule has 304 valence electrons. The third kappa shape index (κ3) is 6.18. The number of nitrogens with one attached hydrogen (secondary N) is 1. The topological polar surface area (TPSA) is 143 Å². The van der Waals surface area contributed by atoms with E-state index in [0.717, 1.165) is 24.1 Å². The number of ether oxygens (including phenoxy) is 1. The molecule has 1 N–H and O–H groups in total. The molecule has 10 rings (SSSR count). The molecule has 0 aliphatic carbocycles. The standard InChI is InChI=1S/C41H41F3N12O3/c1-21-46-32-12-23(43)10-28-31-6-5-7-35(48-31)47-24-13-34(40(58)51(2)19-27(59-4)20-53(21)37(28)32)55(17-24)38-29-16-45-56(33-9-8-22(42)11-30(33)44)39(29)50-41(49-38)54-18-26-14-25(54)15-36(57)52(26)3/h5-12,16,24-27,34H,13-15,17-20H2,1-4H3,(H,47,48)/t24-,25-,26-,27-,34-/m0/s1. The summed E-state index contributed by atoms with van der Waals surface area (Å²) in [7, 11) is 5.14. The molecule has 0 spiro atoms. The Balaban J connectivity index is 1.11. The molecule has 2 aromatic carbocycles. The van der Waals surface area contributed by atoms with E-state index >= 15 is 8.78 Å². The number of aryl methyl sites for hydroxylation is 1. The number of hydrogen-bond donors (Lipinski definition) is 1. The van der Waals surface area contributed by atoms with Gasteiger partial charge in [-0.15, -0.1) is 0 Å². The fraction of sp³-hybridized carbons (Fsp3) is 0.390. The highest BCUT2D eigenvalue weighted by molar-refractivity contribution is 5.94. The van der Waals surface area contributed by atoms with Crippen molar-refractivity contribution in [1.29, 1.82) is 0 Å². The van der Waals surface area contributed by atoms with Crippen LogP contribution in [0.5, 0.6) is 0 Å². The van der Waals surface area contributed by atoms with Crippen LogP contribution in [0.4, 0.5) is 30.8 Å². The van der Waals surface area contributed by atoms with Gasteiger partial charge in [-0.1, -0.05) is 6.07 Å². The highest BCUT2D eigenvalue weighted by Gasteiger charge is 2.45. The zero-order valence-electron chi connectivity index (χ0n) is 32.8. The number of anilines is 3. The Morgan fingerprint density at radius 1 is 0.864 bits per heavy atom. The number of hydrogen-bond acceptors (Lipinski definition) is 11. The average Bonchev–Trinajstić information content (AvgIpc) is 3.99. The minimum atomic E-state index is -0.825. The largest absolute Gasteiger partial charge is 0.378 e. The van der Waals surface area contributed by atoms with Crippen molar-refractivity contribution >= 4 is 51.5 Å². The molecule has 8 heterocycles. The Morgan fingerprint density at radius 2 is 1.71 bits per heavy atom. The molecule has 15 nitrogen and oxygen atoms in total. The Hall–Kier alpha value is -6.30. The lowest BCUT2D eigenvalue weighted by molar-refractivity contribution is -0.133. The summed E-state index contributed by atoms with van der Waals surface area (Å²) in [6.45, 7) is 3.20. The second-order valence-electron chi connectivity index (χ2n) is 16.0. The summed E-state index contributed by atoms with van der Waals surface area (Å²) in [4.78, 5) is 54.9. The maximum Gasteiger partial charge on any atom is 0.245 e. The van der Waals surface area contributed by atoms with Crippen LogP contribution >= 0.6 is 0 Å². The summed E-state index contributed by atoms with van der Waals surface area (Å²) in [5, 5.41) is 8.54. The molecule has 3 fully saturated rings. The van der Waals surface area contributed by atoms with Crippen molar-refractivity contribution in [2.75, 3.05) is 56.0 Å². The molecule has 59 heavy (non-hydrogen) atoms. The van der Waals surface area contributed by atoms with Crippen LogP contribution in [-0.4, -0.2) is 127 Å². The number of nitrogens with zero attached hydrogens (tertiary/aromatic N) is 11. The highest BCUT2D eigenvalue weighted by Crippen LogP contribution is 2.39. The lowest BCUT2D eigenvalue weighted by Gasteiger charge is -2.31. The van der Waals surface area contributed by atoms with E-state index in [4.69, 9.17) is 19.7 Å². The van der Waals surface area contributed by atoms with E-state index in [1.165, 1.54) is 29.1 Å². The number of amides is 2. The van der Waals surface area contributed by atoms with Gasteiger partial charge in [0.1, 0.15) is 40.8 Å². The summed E-state index contributed by atoms with van der Waals surface area (Å²) in [6, 6.07) is 10.4. The summed E-state index contributed by atoms with van der Waals surface area (Å²) in [5.74, 6) is -0.233. The van der Waals surface area contributed by atoms with Crippen LogP contribution in [0.15, 0.2) is 54.7 Å². The van der Waals surface area contributed by atoms with Gasteiger partial charge in [0.15, 0.2) is 11.5 Å². The lowest BCUT2D eigenvalue weighted by atomic mass is 10.0. The van der Waals surface area contributed by atoms with Crippen molar-refractivity contribution in [2.24, 2.45) is 0 Å². The van der Waals surface area contributed by atoms with E-state index in [1.807, 2.05) is 39.5 Å². The van der Waals surface area contributed by atoms with Crippen LogP contribution in [0.1, 0.15) is 25.1 Å². The van der Waals surface area contributed by atoms with Crippen molar-refractivity contribution in [1.82, 2.24) is 44.1 Å². The van der Waals surface area contributed by atoms with Gasteiger partial charge in [-0.3, -0.25) is 9.59 Å². The van der Waals surface area contributed by atoms with Crippen LogP contribution in [0.25, 0.3) is 39.0 Å². The van der Waals surface area contributed by atoms with Gasteiger partial charge < -0.3 is 34.2 Å². The number of carbonyl (C=O) groups excluding carboxylic acids is 2.